The number of rotatable bonds is 7. The van der Waals surface area contributed by atoms with Gasteiger partial charge in [-0.05, 0) is 79.2 Å². The Bertz CT molecular complexity index is 1520. The molecule has 9 nitrogen and oxygen atoms in total. The highest BCUT2D eigenvalue weighted by molar-refractivity contribution is 7.87. The molecule has 1 aliphatic heterocycles. The Morgan fingerprint density at radius 3 is 2.14 bits per heavy atom. The Labute approximate surface area is 222 Å². The van der Waals surface area contributed by atoms with Crippen molar-refractivity contribution in [2.24, 2.45) is 0 Å². The summed E-state index contributed by atoms with van der Waals surface area (Å²) in [5, 5.41) is 2.90. The standard InChI is InChI=1S/C25H18Cl2N2O7S/c1-2-35-22-14-15(3-12-21(22)36-37(33,34)19-10-6-17(27)7-11-19)13-20-23(30)28-25(32)29(24(20)31)18-8-4-16(26)5-9-18/h3-14H,2H2,1H3,(H,28,30,32)/b20-13+. The molecule has 1 saturated heterocycles. The number of hydrogen-bond acceptors (Lipinski definition) is 7. The number of halogens is 2. The fraction of sp³-hybridized carbons (Fsp3) is 0.0800. The average Bonchev–Trinajstić information content (AvgIpc) is 2.84. The predicted octanol–water partition coefficient (Wildman–Crippen LogP) is 4.83. The quantitative estimate of drug-likeness (QED) is 0.250. The van der Waals surface area contributed by atoms with Crippen LogP contribution in [0.4, 0.5) is 10.5 Å². The number of hydrogen-bond donors (Lipinski definition) is 1. The Hall–Kier alpha value is -3.86. The van der Waals surface area contributed by atoms with E-state index < -0.39 is 28.0 Å². The molecule has 0 bridgehead atoms. The van der Waals surface area contributed by atoms with Gasteiger partial charge in [-0.2, -0.15) is 8.42 Å². The van der Waals surface area contributed by atoms with Crippen LogP contribution in [0.3, 0.4) is 0 Å². The van der Waals surface area contributed by atoms with Gasteiger partial charge in [0.25, 0.3) is 11.8 Å². The van der Waals surface area contributed by atoms with Crippen LogP contribution in [0, 0.1) is 0 Å². The molecule has 1 N–H and O–H groups in total. The Kier molecular flexibility index (Phi) is 7.53. The monoisotopic (exact) mass is 560 g/mol. The number of anilines is 1. The number of amides is 4. The van der Waals surface area contributed by atoms with E-state index in [1.54, 1.807) is 6.92 Å². The van der Waals surface area contributed by atoms with E-state index in [1.165, 1.54) is 72.8 Å². The van der Waals surface area contributed by atoms with E-state index in [1.807, 2.05) is 0 Å². The molecule has 0 aromatic heterocycles. The molecule has 3 aromatic rings. The van der Waals surface area contributed by atoms with Crippen LogP contribution in [0.25, 0.3) is 6.08 Å². The SMILES string of the molecule is CCOc1cc(/C=C2\C(=O)NC(=O)N(c3ccc(Cl)cc3)C2=O)ccc1OS(=O)(=O)c1ccc(Cl)cc1. The summed E-state index contributed by atoms with van der Waals surface area (Å²) in [6, 6.07) is 14.7. The maximum Gasteiger partial charge on any atom is 0.339 e. The molecular formula is C25H18Cl2N2O7S. The van der Waals surface area contributed by atoms with E-state index >= 15 is 0 Å². The summed E-state index contributed by atoms with van der Waals surface area (Å²) in [5.74, 6) is -1.77. The van der Waals surface area contributed by atoms with Crippen molar-refractivity contribution in [2.45, 2.75) is 11.8 Å². The van der Waals surface area contributed by atoms with E-state index in [2.05, 4.69) is 5.32 Å². The first kappa shape index (κ1) is 26.2. The summed E-state index contributed by atoms with van der Waals surface area (Å²) < 4.78 is 36.2. The third-order valence-electron chi connectivity index (χ3n) is 5.07. The fourth-order valence-corrected chi connectivity index (χ4v) is 4.56. The van der Waals surface area contributed by atoms with Crippen molar-refractivity contribution in [2.75, 3.05) is 11.5 Å². The topological polar surface area (TPSA) is 119 Å². The first-order valence-corrected chi connectivity index (χ1v) is 12.9. The number of urea groups is 1. The molecule has 0 aliphatic carbocycles. The van der Waals surface area contributed by atoms with Gasteiger partial charge in [0.15, 0.2) is 11.5 Å². The molecule has 4 rings (SSSR count). The van der Waals surface area contributed by atoms with Crippen LogP contribution >= 0.6 is 23.2 Å². The zero-order valence-electron chi connectivity index (χ0n) is 19.1. The van der Waals surface area contributed by atoms with Gasteiger partial charge < -0.3 is 8.92 Å². The summed E-state index contributed by atoms with van der Waals surface area (Å²) in [7, 11) is -4.20. The van der Waals surface area contributed by atoms with Crippen molar-refractivity contribution in [1.82, 2.24) is 5.32 Å². The molecule has 0 spiro atoms. The lowest BCUT2D eigenvalue weighted by Crippen LogP contribution is -2.54. The lowest BCUT2D eigenvalue weighted by molar-refractivity contribution is -0.122. The normalized spacial score (nSPS) is 15.1. The van der Waals surface area contributed by atoms with Gasteiger partial charge in [-0.1, -0.05) is 29.3 Å². The van der Waals surface area contributed by atoms with E-state index in [4.69, 9.17) is 32.1 Å². The van der Waals surface area contributed by atoms with Crippen LogP contribution in [0.1, 0.15) is 12.5 Å². The molecule has 0 saturated carbocycles. The van der Waals surface area contributed by atoms with Crippen LogP contribution < -0.4 is 19.1 Å². The van der Waals surface area contributed by atoms with Crippen molar-refractivity contribution >= 4 is 62.9 Å². The molecule has 1 fully saturated rings. The highest BCUT2D eigenvalue weighted by atomic mass is 35.5. The molecule has 1 aliphatic rings. The second-order valence-corrected chi connectivity index (χ2v) is 9.98. The molecule has 0 atom stereocenters. The molecule has 0 unspecified atom stereocenters. The van der Waals surface area contributed by atoms with E-state index in [0.717, 1.165) is 4.90 Å². The number of nitrogens with one attached hydrogen (secondary N) is 1. The maximum absolute atomic E-state index is 13.1. The maximum atomic E-state index is 13.1. The van der Waals surface area contributed by atoms with Crippen molar-refractivity contribution < 1.29 is 31.7 Å². The molecule has 0 radical (unpaired) electrons. The number of barbiturate groups is 1. The number of carbonyl (C=O) groups excluding carboxylic acids is 3. The molecule has 4 amide bonds. The number of carbonyl (C=O) groups is 3. The summed E-state index contributed by atoms with van der Waals surface area (Å²) in [4.78, 5) is 38.6. The number of benzene rings is 3. The van der Waals surface area contributed by atoms with Gasteiger partial charge in [0.1, 0.15) is 10.5 Å². The van der Waals surface area contributed by atoms with Crippen LogP contribution in [0.5, 0.6) is 11.5 Å². The van der Waals surface area contributed by atoms with Crippen LogP contribution in [0.2, 0.25) is 10.0 Å². The Morgan fingerprint density at radius 2 is 1.51 bits per heavy atom. The summed E-state index contributed by atoms with van der Waals surface area (Å²) in [6.07, 6.45) is 1.26. The summed E-state index contributed by atoms with van der Waals surface area (Å²) in [6.45, 7) is 1.87. The zero-order chi connectivity index (χ0) is 26.7. The van der Waals surface area contributed by atoms with Crippen LogP contribution in [0.15, 0.2) is 77.2 Å². The van der Waals surface area contributed by atoms with E-state index in [0.29, 0.717) is 15.6 Å². The number of imide groups is 2. The van der Waals surface area contributed by atoms with Crippen LogP contribution in [-0.2, 0) is 19.7 Å². The highest BCUT2D eigenvalue weighted by Crippen LogP contribution is 2.33. The Balaban J connectivity index is 1.67. The van der Waals surface area contributed by atoms with Gasteiger partial charge >= 0.3 is 16.1 Å². The van der Waals surface area contributed by atoms with Gasteiger partial charge in [-0.25, -0.2) is 9.69 Å². The van der Waals surface area contributed by atoms with Crippen molar-refractivity contribution in [3.63, 3.8) is 0 Å². The molecular weight excluding hydrogens is 543 g/mol. The van der Waals surface area contributed by atoms with Gasteiger partial charge in [0.2, 0.25) is 0 Å². The molecule has 37 heavy (non-hydrogen) atoms. The van der Waals surface area contributed by atoms with Gasteiger partial charge in [0.05, 0.1) is 12.3 Å². The lowest BCUT2D eigenvalue weighted by atomic mass is 10.1. The largest absolute Gasteiger partial charge is 0.490 e. The lowest BCUT2D eigenvalue weighted by Gasteiger charge is -2.26. The summed E-state index contributed by atoms with van der Waals surface area (Å²) >= 11 is 11.7. The highest BCUT2D eigenvalue weighted by Gasteiger charge is 2.36. The smallest absolute Gasteiger partial charge is 0.339 e. The van der Waals surface area contributed by atoms with Crippen molar-refractivity contribution in [1.29, 1.82) is 0 Å². The van der Waals surface area contributed by atoms with Gasteiger partial charge in [-0.3, -0.25) is 14.9 Å². The zero-order valence-corrected chi connectivity index (χ0v) is 21.4. The van der Waals surface area contributed by atoms with E-state index in [9.17, 15) is 22.8 Å². The first-order valence-electron chi connectivity index (χ1n) is 10.7. The van der Waals surface area contributed by atoms with Gasteiger partial charge in [0, 0.05) is 10.0 Å². The number of nitrogens with zero attached hydrogens (tertiary/aromatic N) is 1. The predicted molar refractivity (Wildman–Crippen MR) is 137 cm³/mol. The second kappa shape index (κ2) is 10.6. The van der Waals surface area contributed by atoms with Crippen molar-refractivity contribution in [3.8, 4) is 11.5 Å². The van der Waals surface area contributed by atoms with Crippen LogP contribution in [-0.4, -0.2) is 32.9 Å². The molecule has 1 heterocycles. The average molecular weight is 561 g/mol. The van der Waals surface area contributed by atoms with Crippen molar-refractivity contribution in [3.05, 3.63) is 87.9 Å². The second-order valence-electron chi connectivity index (χ2n) is 7.56. The minimum atomic E-state index is -4.20. The third-order valence-corrected chi connectivity index (χ3v) is 6.82. The Morgan fingerprint density at radius 1 is 0.892 bits per heavy atom. The molecule has 3 aromatic carbocycles. The first-order chi connectivity index (χ1) is 17.6. The third kappa shape index (κ3) is 5.77. The minimum Gasteiger partial charge on any atom is -0.490 e. The fourth-order valence-electron chi connectivity index (χ4n) is 3.37. The minimum absolute atomic E-state index is 0.0590. The van der Waals surface area contributed by atoms with E-state index in [-0.39, 0.29) is 34.3 Å². The number of ether oxygens (including phenoxy) is 1. The van der Waals surface area contributed by atoms with Gasteiger partial charge in [-0.15, -0.1) is 0 Å². The summed E-state index contributed by atoms with van der Waals surface area (Å²) in [5.41, 5.74) is 0.222. The molecule has 190 valence electrons. The molecule has 12 heteroatoms.